The van der Waals surface area contributed by atoms with Crippen LogP contribution in [0.1, 0.15) is 29.9 Å². The molecule has 3 aromatic rings. The zero-order valence-corrected chi connectivity index (χ0v) is 17.6. The molecule has 8 heteroatoms. The Kier molecular flexibility index (Phi) is 7.01. The lowest BCUT2D eigenvalue weighted by Crippen LogP contribution is -2.23. The third kappa shape index (κ3) is 5.22. The van der Waals surface area contributed by atoms with E-state index in [0.717, 1.165) is 11.1 Å². The smallest absolute Gasteiger partial charge is 0.269 e. The summed E-state index contributed by atoms with van der Waals surface area (Å²) in [5.41, 5.74) is 2.62. The van der Waals surface area contributed by atoms with E-state index in [4.69, 9.17) is 32.7 Å². The van der Waals surface area contributed by atoms with Gasteiger partial charge in [-0.2, -0.15) is 5.10 Å². The third-order valence-electron chi connectivity index (χ3n) is 4.10. The standard InChI is InChI=1S/C21H21Cl2N3O3/c1-3-28-19-8-5-13(9-20(19)29-4-2)12-24-21(27)18-11-17(25-26-18)14-6-7-15(22)16(23)10-14/h5-11H,3-4,12H2,1-2H3,(H,24,27)(H,25,26). The van der Waals surface area contributed by atoms with Crippen molar-refractivity contribution in [2.75, 3.05) is 13.2 Å². The van der Waals surface area contributed by atoms with Crippen LogP contribution in [-0.4, -0.2) is 29.3 Å². The van der Waals surface area contributed by atoms with Crippen LogP contribution in [0.15, 0.2) is 42.5 Å². The van der Waals surface area contributed by atoms with Gasteiger partial charge in [-0.1, -0.05) is 35.3 Å². The van der Waals surface area contributed by atoms with Crippen LogP contribution in [0.3, 0.4) is 0 Å². The molecule has 1 aromatic heterocycles. The summed E-state index contributed by atoms with van der Waals surface area (Å²) in [6, 6.07) is 12.5. The number of H-pyrrole nitrogens is 1. The Bertz CT molecular complexity index is 1000. The highest BCUT2D eigenvalue weighted by Crippen LogP contribution is 2.29. The first kappa shape index (κ1) is 21.0. The van der Waals surface area contributed by atoms with Gasteiger partial charge in [0, 0.05) is 12.1 Å². The summed E-state index contributed by atoms with van der Waals surface area (Å²) in [5.74, 6) is 1.07. The molecule has 152 valence electrons. The van der Waals surface area contributed by atoms with E-state index in [-0.39, 0.29) is 5.91 Å². The van der Waals surface area contributed by atoms with Gasteiger partial charge in [-0.25, -0.2) is 0 Å². The molecule has 0 fully saturated rings. The monoisotopic (exact) mass is 433 g/mol. The minimum atomic E-state index is -0.268. The summed E-state index contributed by atoms with van der Waals surface area (Å²) in [7, 11) is 0. The number of rotatable bonds is 8. The molecule has 6 nitrogen and oxygen atoms in total. The van der Waals surface area contributed by atoms with Crippen molar-refractivity contribution in [3.8, 4) is 22.8 Å². The third-order valence-corrected chi connectivity index (χ3v) is 4.84. The van der Waals surface area contributed by atoms with Gasteiger partial charge in [0.15, 0.2) is 11.5 Å². The molecular formula is C21H21Cl2N3O3. The highest BCUT2D eigenvalue weighted by atomic mass is 35.5. The van der Waals surface area contributed by atoms with Crippen molar-refractivity contribution >= 4 is 29.1 Å². The highest BCUT2D eigenvalue weighted by Gasteiger charge is 2.13. The van der Waals surface area contributed by atoms with Gasteiger partial charge in [-0.05, 0) is 49.7 Å². The first-order valence-corrected chi connectivity index (χ1v) is 9.95. The number of halogens is 2. The molecule has 0 aliphatic carbocycles. The van der Waals surface area contributed by atoms with Gasteiger partial charge < -0.3 is 14.8 Å². The summed E-state index contributed by atoms with van der Waals surface area (Å²) < 4.78 is 11.2. The summed E-state index contributed by atoms with van der Waals surface area (Å²) in [4.78, 5) is 12.5. The maximum atomic E-state index is 12.5. The van der Waals surface area contributed by atoms with Crippen LogP contribution >= 0.6 is 23.2 Å². The first-order valence-electron chi connectivity index (χ1n) is 9.19. The Morgan fingerprint density at radius 2 is 1.76 bits per heavy atom. The number of carbonyl (C=O) groups excluding carboxylic acids is 1. The second-order valence-electron chi connectivity index (χ2n) is 6.13. The molecule has 2 N–H and O–H groups in total. The number of ether oxygens (including phenoxy) is 2. The van der Waals surface area contributed by atoms with Gasteiger partial charge >= 0.3 is 0 Å². The molecule has 3 rings (SSSR count). The van der Waals surface area contributed by atoms with Crippen LogP contribution in [0.5, 0.6) is 11.5 Å². The van der Waals surface area contributed by atoms with Gasteiger partial charge in [-0.15, -0.1) is 0 Å². The highest BCUT2D eigenvalue weighted by molar-refractivity contribution is 6.42. The molecule has 1 heterocycles. The lowest BCUT2D eigenvalue weighted by atomic mass is 10.1. The predicted molar refractivity (Wildman–Crippen MR) is 114 cm³/mol. The number of nitrogens with zero attached hydrogens (tertiary/aromatic N) is 1. The van der Waals surface area contributed by atoms with Gasteiger partial charge in [0.1, 0.15) is 5.69 Å². The minimum Gasteiger partial charge on any atom is -0.490 e. The molecule has 0 atom stereocenters. The van der Waals surface area contributed by atoms with Crippen molar-refractivity contribution in [2.24, 2.45) is 0 Å². The Labute approximate surface area is 179 Å². The van der Waals surface area contributed by atoms with E-state index in [2.05, 4.69) is 15.5 Å². The fraction of sp³-hybridized carbons (Fsp3) is 0.238. The molecule has 0 spiro atoms. The van der Waals surface area contributed by atoms with Gasteiger partial charge in [0.2, 0.25) is 0 Å². The SMILES string of the molecule is CCOc1ccc(CNC(=O)c2cc(-c3ccc(Cl)c(Cl)c3)n[nH]2)cc1OCC. The maximum Gasteiger partial charge on any atom is 0.269 e. The summed E-state index contributed by atoms with van der Waals surface area (Å²) in [6.45, 7) is 5.25. The quantitative estimate of drug-likeness (QED) is 0.517. The normalized spacial score (nSPS) is 10.6. The summed E-state index contributed by atoms with van der Waals surface area (Å²) in [6.07, 6.45) is 0. The molecule has 0 unspecified atom stereocenters. The van der Waals surface area contributed by atoms with Crippen LogP contribution in [0.25, 0.3) is 11.3 Å². The number of amides is 1. The van der Waals surface area contributed by atoms with E-state index in [0.29, 0.717) is 52.7 Å². The van der Waals surface area contributed by atoms with E-state index >= 15 is 0 Å². The number of hydrogen-bond acceptors (Lipinski definition) is 4. The van der Waals surface area contributed by atoms with Gasteiger partial charge in [0.05, 0.1) is 29.0 Å². The number of carbonyl (C=O) groups is 1. The molecule has 0 aliphatic heterocycles. The lowest BCUT2D eigenvalue weighted by Gasteiger charge is -2.12. The molecular weight excluding hydrogens is 413 g/mol. The average molecular weight is 434 g/mol. The largest absolute Gasteiger partial charge is 0.490 e. The van der Waals surface area contributed by atoms with Crippen LogP contribution < -0.4 is 14.8 Å². The predicted octanol–water partition coefficient (Wildman–Crippen LogP) is 5.11. The minimum absolute atomic E-state index is 0.268. The number of aromatic amines is 1. The first-order chi connectivity index (χ1) is 14.0. The number of benzene rings is 2. The van der Waals surface area contributed by atoms with E-state index in [1.165, 1.54) is 0 Å². The Morgan fingerprint density at radius 3 is 2.48 bits per heavy atom. The molecule has 0 radical (unpaired) electrons. The zero-order valence-electron chi connectivity index (χ0n) is 16.1. The molecule has 29 heavy (non-hydrogen) atoms. The second kappa shape index (κ2) is 9.67. The van der Waals surface area contributed by atoms with Crippen LogP contribution in [0.4, 0.5) is 0 Å². The van der Waals surface area contributed by atoms with Crippen molar-refractivity contribution in [3.63, 3.8) is 0 Å². The van der Waals surface area contributed by atoms with Crippen LogP contribution in [0, 0.1) is 0 Å². The number of aromatic nitrogens is 2. The van der Waals surface area contributed by atoms with Crippen molar-refractivity contribution < 1.29 is 14.3 Å². The Balaban J connectivity index is 1.67. The molecule has 2 aromatic carbocycles. The molecule has 0 saturated carbocycles. The molecule has 0 saturated heterocycles. The Hall–Kier alpha value is -2.70. The number of hydrogen-bond donors (Lipinski definition) is 2. The van der Waals surface area contributed by atoms with E-state index in [1.54, 1.807) is 24.3 Å². The maximum absolute atomic E-state index is 12.5. The fourth-order valence-corrected chi connectivity index (χ4v) is 3.02. The van der Waals surface area contributed by atoms with Crippen molar-refractivity contribution in [1.29, 1.82) is 0 Å². The van der Waals surface area contributed by atoms with E-state index in [9.17, 15) is 4.79 Å². The average Bonchev–Trinajstić information content (AvgIpc) is 3.20. The van der Waals surface area contributed by atoms with E-state index in [1.807, 2.05) is 32.0 Å². The van der Waals surface area contributed by atoms with Crippen LogP contribution in [-0.2, 0) is 6.54 Å². The van der Waals surface area contributed by atoms with Gasteiger partial charge in [-0.3, -0.25) is 9.89 Å². The zero-order chi connectivity index (χ0) is 20.8. The molecule has 1 amide bonds. The van der Waals surface area contributed by atoms with Crippen LogP contribution in [0.2, 0.25) is 10.0 Å². The number of nitrogens with one attached hydrogen (secondary N) is 2. The van der Waals surface area contributed by atoms with Crippen molar-refractivity contribution in [1.82, 2.24) is 15.5 Å². The summed E-state index contributed by atoms with van der Waals surface area (Å²) in [5, 5.41) is 10.7. The molecule has 0 bridgehead atoms. The summed E-state index contributed by atoms with van der Waals surface area (Å²) >= 11 is 12.0. The fourth-order valence-electron chi connectivity index (χ4n) is 2.72. The Morgan fingerprint density at radius 1 is 1.00 bits per heavy atom. The van der Waals surface area contributed by atoms with Crippen molar-refractivity contribution in [2.45, 2.75) is 20.4 Å². The van der Waals surface area contributed by atoms with Gasteiger partial charge in [0.25, 0.3) is 5.91 Å². The second-order valence-corrected chi connectivity index (χ2v) is 6.94. The van der Waals surface area contributed by atoms with E-state index < -0.39 is 0 Å². The molecule has 0 aliphatic rings. The van der Waals surface area contributed by atoms with Crippen molar-refractivity contribution in [3.05, 3.63) is 63.8 Å². The topological polar surface area (TPSA) is 76.2 Å². The lowest BCUT2D eigenvalue weighted by molar-refractivity contribution is 0.0946.